The van der Waals surface area contributed by atoms with Crippen molar-refractivity contribution in [3.8, 4) is 11.4 Å². The van der Waals surface area contributed by atoms with Crippen LogP contribution in [-0.4, -0.2) is 71.6 Å². The molecule has 1 fully saturated rings. The molecule has 5 aromatic rings. The number of nitrogens with zero attached hydrogens (tertiary/aromatic N) is 7. The number of benzene rings is 2. The van der Waals surface area contributed by atoms with Crippen molar-refractivity contribution in [3.05, 3.63) is 85.1 Å². The minimum absolute atomic E-state index is 0.533. The van der Waals surface area contributed by atoms with Gasteiger partial charge >= 0.3 is 0 Å². The highest BCUT2D eigenvalue weighted by molar-refractivity contribution is 5.85. The molecular formula is C27H31N9. The molecule has 0 saturated carbocycles. The van der Waals surface area contributed by atoms with E-state index in [-0.39, 0.29) is 0 Å². The molecule has 2 aromatic carbocycles. The molecule has 1 aliphatic rings. The van der Waals surface area contributed by atoms with Crippen LogP contribution in [-0.2, 0) is 12.8 Å². The standard InChI is InChI=1S/C27H31N9/c1(2-22-16-29-27-9-8-25(15-26(22)27)36-19-32-33-20-36)3-24(34-12-10-28-11-13-34)14-21-4-6-23(7-5-21)35-17-30-31-18-35/h4-9,15-20,24,28-29H,1-3,10-14H2. The van der Waals surface area contributed by atoms with Crippen molar-refractivity contribution < 1.29 is 0 Å². The lowest BCUT2D eigenvalue weighted by atomic mass is 9.97. The molecule has 6 rings (SSSR count). The second-order valence-electron chi connectivity index (χ2n) is 9.48. The third-order valence-corrected chi connectivity index (χ3v) is 7.24. The number of nitrogens with one attached hydrogen (secondary N) is 2. The van der Waals surface area contributed by atoms with E-state index < -0.39 is 0 Å². The third-order valence-electron chi connectivity index (χ3n) is 7.24. The number of rotatable bonds is 9. The first-order chi connectivity index (χ1) is 17.8. The molecule has 4 heterocycles. The van der Waals surface area contributed by atoms with Gasteiger partial charge in [0.25, 0.3) is 0 Å². The lowest BCUT2D eigenvalue weighted by Crippen LogP contribution is -2.49. The van der Waals surface area contributed by atoms with Gasteiger partial charge < -0.3 is 10.3 Å². The van der Waals surface area contributed by atoms with Crippen LogP contribution in [0.15, 0.2) is 74.0 Å². The van der Waals surface area contributed by atoms with E-state index in [1.54, 1.807) is 25.3 Å². The van der Waals surface area contributed by atoms with Crippen LogP contribution in [0.25, 0.3) is 22.3 Å². The summed E-state index contributed by atoms with van der Waals surface area (Å²) >= 11 is 0. The van der Waals surface area contributed by atoms with Crippen LogP contribution in [0.5, 0.6) is 0 Å². The van der Waals surface area contributed by atoms with Crippen LogP contribution in [0.1, 0.15) is 24.0 Å². The van der Waals surface area contributed by atoms with Gasteiger partial charge in [-0.2, -0.15) is 0 Å². The molecule has 1 unspecified atom stereocenters. The molecule has 1 saturated heterocycles. The van der Waals surface area contributed by atoms with E-state index in [2.05, 4.69) is 84.3 Å². The van der Waals surface area contributed by atoms with Gasteiger partial charge in [-0.3, -0.25) is 14.0 Å². The number of piperazine rings is 1. The van der Waals surface area contributed by atoms with Gasteiger partial charge in [0.05, 0.1) is 0 Å². The van der Waals surface area contributed by atoms with Crippen LogP contribution in [0.2, 0.25) is 0 Å². The molecule has 184 valence electrons. The molecule has 9 heteroatoms. The number of hydrogen-bond acceptors (Lipinski definition) is 6. The van der Waals surface area contributed by atoms with Gasteiger partial charge in [0, 0.05) is 60.7 Å². The molecule has 0 amide bonds. The van der Waals surface area contributed by atoms with E-state index in [1.165, 1.54) is 28.5 Å². The van der Waals surface area contributed by atoms with Crippen molar-refractivity contribution in [1.29, 1.82) is 0 Å². The van der Waals surface area contributed by atoms with Gasteiger partial charge in [0.1, 0.15) is 25.3 Å². The Labute approximate surface area is 210 Å². The second kappa shape index (κ2) is 10.4. The van der Waals surface area contributed by atoms with E-state index in [0.717, 1.165) is 56.8 Å². The normalized spacial score (nSPS) is 15.4. The van der Waals surface area contributed by atoms with Gasteiger partial charge in [-0.1, -0.05) is 12.1 Å². The molecule has 0 bridgehead atoms. The smallest absolute Gasteiger partial charge is 0.123 e. The first-order valence-corrected chi connectivity index (χ1v) is 12.7. The van der Waals surface area contributed by atoms with E-state index in [4.69, 9.17) is 0 Å². The first kappa shape index (κ1) is 22.6. The van der Waals surface area contributed by atoms with Crippen LogP contribution in [0.4, 0.5) is 0 Å². The number of fused-ring (bicyclic) bond motifs is 1. The molecule has 9 nitrogen and oxygen atoms in total. The van der Waals surface area contributed by atoms with E-state index in [1.807, 2.05) is 9.13 Å². The summed E-state index contributed by atoms with van der Waals surface area (Å²) in [5.74, 6) is 0. The highest BCUT2D eigenvalue weighted by atomic mass is 15.2. The van der Waals surface area contributed by atoms with Crippen molar-refractivity contribution >= 4 is 10.9 Å². The van der Waals surface area contributed by atoms with Gasteiger partial charge in [-0.15, -0.1) is 20.4 Å². The van der Waals surface area contributed by atoms with Crippen molar-refractivity contribution in [2.24, 2.45) is 0 Å². The van der Waals surface area contributed by atoms with Crippen molar-refractivity contribution in [3.63, 3.8) is 0 Å². The van der Waals surface area contributed by atoms with E-state index >= 15 is 0 Å². The fourth-order valence-corrected chi connectivity index (χ4v) is 5.27. The summed E-state index contributed by atoms with van der Waals surface area (Å²) in [6, 6.07) is 15.8. The summed E-state index contributed by atoms with van der Waals surface area (Å²) in [6.45, 7) is 4.35. The van der Waals surface area contributed by atoms with Gasteiger partial charge in [-0.05, 0) is 67.1 Å². The Morgan fingerprint density at radius 3 is 2.19 bits per heavy atom. The summed E-state index contributed by atoms with van der Waals surface area (Å²) in [5, 5.41) is 20.5. The summed E-state index contributed by atoms with van der Waals surface area (Å²) in [5.41, 5.74) is 6.10. The Morgan fingerprint density at radius 1 is 0.806 bits per heavy atom. The van der Waals surface area contributed by atoms with E-state index in [0.29, 0.717) is 6.04 Å². The van der Waals surface area contributed by atoms with Crippen LogP contribution >= 0.6 is 0 Å². The maximum absolute atomic E-state index is 3.94. The van der Waals surface area contributed by atoms with Crippen LogP contribution in [0, 0.1) is 0 Å². The molecule has 1 atom stereocenters. The van der Waals surface area contributed by atoms with Crippen molar-refractivity contribution in [1.82, 2.24) is 44.7 Å². The topological polar surface area (TPSA) is 92.5 Å². The maximum Gasteiger partial charge on any atom is 0.123 e. The van der Waals surface area contributed by atoms with Crippen LogP contribution in [0.3, 0.4) is 0 Å². The number of H-pyrrole nitrogens is 1. The Balaban J connectivity index is 1.14. The summed E-state index contributed by atoms with van der Waals surface area (Å²) < 4.78 is 3.89. The van der Waals surface area contributed by atoms with Crippen molar-refractivity contribution in [2.45, 2.75) is 31.7 Å². The molecule has 3 aromatic heterocycles. The van der Waals surface area contributed by atoms with Gasteiger partial charge in [0.2, 0.25) is 0 Å². The predicted molar refractivity (Wildman–Crippen MR) is 139 cm³/mol. The van der Waals surface area contributed by atoms with Gasteiger partial charge in [0.15, 0.2) is 0 Å². The molecule has 36 heavy (non-hydrogen) atoms. The molecule has 0 aliphatic carbocycles. The summed E-state index contributed by atoms with van der Waals surface area (Å²) in [6.07, 6.45) is 13.6. The largest absolute Gasteiger partial charge is 0.361 e. The minimum Gasteiger partial charge on any atom is -0.361 e. The fraction of sp³-hybridized carbons (Fsp3) is 0.333. The predicted octanol–water partition coefficient (Wildman–Crippen LogP) is 3.17. The summed E-state index contributed by atoms with van der Waals surface area (Å²) in [4.78, 5) is 6.12. The zero-order valence-electron chi connectivity index (χ0n) is 20.3. The number of aromatic nitrogens is 7. The number of aromatic amines is 1. The zero-order valence-corrected chi connectivity index (χ0v) is 20.3. The number of aryl methyl sites for hydroxylation is 1. The SMILES string of the molecule is c1cc(-n2cnnc2)ccc1CC(CCCc1c[nH]c2ccc(-n3cnnc3)cc12)N1CCNCC1. The first-order valence-electron chi connectivity index (χ1n) is 12.7. The lowest BCUT2D eigenvalue weighted by Gasteiger charge is -2.35. The molecule has 2 N–H and O–H groups in total. The molecule has 1 aliphatic heterocycles. The molecule has 0 radical (unpaired) electrons. The number of hydrogen-bond donors (Lipinski definition) is 2. The quantitative estimate of drug-likeness (QED) is 0.336. The monoisotopic (exact) mass is 481 g/mol. The second-order valence-corrected chi connectivity index (χ2v) is 9.48. The summed E-state index contributed by atoms with van der Waals surface area (Å²) in [7, 11) is 0. The van der Waals surface area contributed by atoms with Gasteiger partial charge in [-0.25, -0.2) is 0 Å². The highest BCUT2D eigenvalue weighted by Gasteiger charge is 2.21. The third kappa shape index (κ3) is 4.93. The fourth-order valence-electron chi connectivity index (χ4n) is 5.27. The molecule has 0 spiro atoms. The highest BCUT2D eigenvalue weighted by Crippen LogP contribution is 2.24. The van der Waals surface area contributed by atoms with Crippen molar-refractivity contribution in [2.75, 3.05) is 26.2 Å². The Bertz CT molecular complexity index is 1360. The Morgan fingerprint density at radius 2 is 1.47 bits per heavy atom. The Hall–Kier alpha value is -3.82. The zero-order chi connectivity index (χ0) is 24.2. The van der Waals surface area contributed by atoms with Crippen LogP contribution < -0.4 is 5.32 Å². The Kier molecular flexibility index (Phi) is 6.56. The molecular weight excluding hydrogens is 450 g/mol. The minimum atomic E-state index is 0.533. The lowest BCUT2D eigenvalue weighted by molar-refractivity contribution is 0.162. The van der Waals surface area contributed by atoms with E-state index in [9.17, 15) is 0 Å². The average molecular weight is 482 g/mol. The maximum atomic E-state index is 3.94. The average Bonchev–Trinajstić information content (AvgIpc) is 3.72.